The Balaban J connectivity index is 2.15. The van der Waals surface area contributed by atoms with Crippen LogP contribution < -0.4 is 0 Å². The van der Waals surface area contributed by atoms with Crippen molar-refractivity contribution in [1.82, 2.24) is 0 Å². The zero-order chi connectivity index (χ0) is 5.98. The van der Waals surface area contributed by atoms with Gasteiger partial charge in [-0.3, -0.25) is 0 Å². The van der Waals surface area contributed by atoms with Crippen molar-refractivity contribution in [3.8, 4) is 0 Å². The van der Waals surface area contributed by atoms with Crippen LogP contribution in [0.5, 0.6) is 0 Å². The summed E-state index contributed by atoms with van der Waals surface area (Å²) in [4.78, 5) is 0. The average molecular weight is 181 g/mol. The molecule has 0 aromatic heterocycles. The van der Waals surface area contributed by atoms with Crippen LogP contribution in [0, 0.1) is 0 Å². The Bertz CT molecular complexity index is 68.8. The van der Waals surface area contributed by atoms with E-state index in [4.69, 9.17) is 9.47 Å². The summed E-state index contributed by atoms with van der Waals surface area (Å²) in [7, 11) is 1.70. The number of methoxy groups -OCH3 is 1. The quantitative estimate of drug-likeness (QED) is 0.474. The fourth-order valence-corrected chi connectivity index (χ4v) is 1.27. The molecule has 1 saturated heterocycles. The average Bonchev–Trinajstić information content (AvgIpc) is 2.53. The Morgan fingerprint density at radius 3 is 2.75 bits per heavy atom. The van der Waals surface area contributed by atoms with Gasteiger partial charge in [0.15, 0.2) is 0 Å². The summed E-state index contributed by atoms with van der Waals surface area (Å²) in [5.41, 5.74) is 0. The molecule has 0 aromatic carbocycles. The lowest BCUT2D eigenvalue weighted by Crippen LogP contribution is -2.18. The van der Waals surface area contributed by atoms with Gasteiger partial charge in [0.25, 0.3) is 0 Å². The SMILES string of the molecule is COC(CBr)C1CO1. The largest absolute Gasteiger partial charge is 0.378 e. The maximum absolute atomic E-state index is 5.05. The first-order valence-electron chi connectivity index (χ1n) is 2.59. The zero-order valence-electron chi connectivity index (χ0n) is 4.76. The van der Waals surface area contributed by atoms with Crippen molar-refractivity contribution in [3.05, 3.63) is 0 Å². The van der Waals surface area contributed by atoms with E-state index in [1.54, 1.807) is 7.11 Å². The van der Waals surface area contributed by atoms with E-state index in [9.17, 15) is 0 Å². The Labute approximate surface area is 57.3 Å². The standard InChI is InChI=1S/C5H9BrO2/c1-7-4(2-6)5-3-8-5/h4-5H,2-3H2,1H3. The van der Waals surface area contributed by atoms with Crippen molar-refractivity contribution in [2.45, 2.75) is 12.2 Å². The normalized spacial score (nSPS) is 30.0. The van der Waals surface area contributed by atoms with E-state index in [1.165, 1.54) is 0 Å². The first-order valence-corrected chi connectivity index (χ1v) is 3.71. The maximum Gasteiger partial charge on any atom is 0.108 e. The molecule has 0 spiro atoms. The lowest BCUT2D eigenvalue weighted by molar-refractivity contribution is 0.0954. The molecule has 1 aliphatic heterocycles. The molecular weight excluding hydrogens is 172 g/mol. The number of rotatable bonds is 3. The molecule has 1 rings (SSSR count). The highest BCUT2D eigenvalue weighted by atomic mass is 79.9. The van der Waals surface area contributed by atoms with Crippen molar-refractivity contribution < 1.29 is 9.47 Å². The van der Waals surface area contributed by atoms with E-state index < -0.39 is 0 Å². The van der Waals surface area contributed by atoms with E-state index in [0.29, 0.717) is 6.10 Å². The number of halogens is 1. The van der Waals surface area contributed by atoms with E-state index >= 15 is 0 Å². The van der Waals surface area contributed by atoms with E-state index in [1.807, 2.05) is 0 Å². The van der Waals surface area contributed by atoms with Crippen LogP contribution in [0.1, 0.15) is 0 Å². The summed E-state index contributed by atoms with van der Waals surface area (Å²) in [5.74, 6) is 0. The minimum Gasteiger partial charge on any atom is -0.378 e. The van der Waals surface area contributed by atoms with Crippen LogP contribution in [0.25, 0.3) is 0 Å². The molecule has 0 aliphatic carbocycles. The van der Waals surface area contributed by atoms with Crippen molar-refractivity contribution in [2.75, 3.05) is 19.0 Å². The summed E-state index contributed by atoms with van der Waals surface area (Å²) in [6, 6.07) is 0. The van der Waals surface area contributed by atoms with Crippen molar-refractivity contribution in [3.63, 3.8) is 0 Å². The predicted octanol–water partition coefficient (Wildman–Crippen LogP) is 0.795. The number of ether oxygens (including phenoxy) is 2. The van der Waals surface area contributed by atoms with Gasteiger partial charge in [-0.15, -0.1) is 0 Å². The van der Waals surface area contributed by atoms with Crippen LogP contribution in [0.15, 0.2) is 0 Å². The maximum atomic E-state index is 5.05. The van der Waals surface area contributed by atoms with Crippen LogP contribution in [-0.4, -0.2) is 31.3 Å². The molecule has 1 fully saturated rings. The monoisotopic (exact) mass is 180 g/mol. The number of hydrogen-bond acceptors (Lipinski definition) is 2. The summed E-state index contributed by atoms with van der Waals surface area (Å²) >= 11 is 3.31. The van der Waals surface area contributed by atoms with Crippen LogP contribution >= 0.6 is 15.9 Å². The highest BCUT2D eigenvalue weighted by Crippen LogP contribution is 2.17. The second-order valence-corrected chi connectivity index (χ2v) is 2.45. The first-order chi connectivity index (χ1) is 3.88. The van der Waals surface area contributed by atoms with Crippen molar-refractivity contribution in [1.29, 1.82) is 0 Å². The molecule has 2 nitrogen and oxygen atoms in total. The number of alkyl halides is 1. The molecule has 2 atom stereocenters. The molecule has 0 aromatic rings. The third-order valence-electron chi connectivity index (χ3n) is 1.23. The summed E-state index contributed by atoms with van der Waals surface area (Å²) in [5, 5.41) is 0.869. The lowest BCUT2D eigenvalue weighted by Gasteiger charge is -2.05. The highest BCUT2D eigenvalue weighted by Gasteiger charge is 2.31. The van der Waals surface area contributed by atoms with Crippen molar-refractivity contribution in [2.24, 2.45) is 0 Å². The molecule has 2 unspecified atom stereocenters. The lowest BCUT2D eigenvalue weighted by atomic mass is 10.3. The first kappa shape index (κ1) is 6.52. The van der Waals surface area contributed by atoms with Gasteiger partial charge in [-0.2, -0.15) is 0 Å². The third kappa shape index (κ3) is 1.44. The second-order valence-electron chi connectivity index (χ2n) is 1.80. The topological polar surface area (TPSA) is 21.8 Å². The number of hydrogen-bond donors (Lipinski definition) is 0. The molecule has 1 heterocycles. The smallest absolute Gasteiger partial charge is 0.108 e. The Morgan fingerprint density at radius 2 is 2.62 bits per heavy atom. The number of epoxide rings is 1. The molecule has 1 aliphatic rings. The Kier molecular flexibility index (Phi) is 2.28. The fourth-order valence-electron chi connectivity index (χ4n) is 0.584. The van der Waals surface area contributed by atoms with Gasteiger partial charge < -0.3 is 9.47 Å². The predicted molar refractivity (Wildman–Crippen MR) is 34.3 cm³/mol. The molecule has 0 radical (unpaired) electrons. The minimum absolute atomic E-state index is 0.259. The van der Waals surface area contributed by atoms with Crippen LogP contribution in [-0.2, 0) is 9.47 Å². The van der Waals surface area contributed by atoms with Crippen LogP contribution in [0.4, 0.5) is 0 Å². The molecule has 0 amide bonds. The molecule has 0 saturated carbocycles. The second kappa shape index (κ2) is 2.80. The highest BCUT2D eigenvalue weighted by molar-refractivity contribution is 9.09. The van der Waals surface area contributed by atoms with Gasteiger partial charge in [-0.1, -0.05) is 15.9 Å². The van der Waals surface area contributed by atoms with Crippen molar-refractivity contribution >= 4 is 15.9 Å². The Morgan fingerprint density at radius 1 is 2.00 bits per heavy atom. The zero-order valence-corrected chi connectivity index (χ0v) is 6.35. The van der Waals surface area contributed by atoms with Gasteiger partial charge in [0, 0.05) is 12.4 Å². The molecule has 3 heteroatoms. The summed E-state index contributed by atoms with van der Waals surface area (Å²) in [6.45, 7) is 0.865. The van der Waals surface area contributed by atoms with E-state index in [-0.39, 0.29) is 6.10 Å². The molecule has 8 heavy (non-hydrogen) atoms. The minimum atomic E-state index is 0.259. The fraction of sp³-hybridized carbons (Fsp3) is 1.00. The van der Waals surface area contributed by atoms with Crippen LogP contribution in [0.3, 0.4) is 0 Å². The molecule has 0 N–H and O–H groups in total. The van der Waals surface area contributed by atoms with Gasteiger partial charge in [-0.05, 0) is 0 Å². The van der Waals surface area contributed by atoms with E-state index in [0.717, 1.165) is 11.9 Å². The third-order valence-corrected chi connectivity index (χ3v) is 1.87. The van der Waals surface area contributed by atoms with Gasteiger partial charge in [0.05, 0.1) is 12.7 Å². The molecule has 48 valence electrons. The van der Waals surface area contributed by atoms with Gasteiger partial charge in [0.1, 0.15) is 6.10 Å². The van der Waals surface area contributed by atoms with Gasteiger partial charge >= 0.3 is 0 Å². The van der Waals surface area contributed by atoms with Gasteiger partial charge in [0.2, 0.25) is 0 Å². The summed E-state index contributed by atoms with van der Waals surface area (Å²) < 4.78 is 10.0. The van der Waals surface area contributed by atoms with Crippen LogP contribution in [0.2, 0.25) is 0 Å². The van der Waals surface area contributed by atoms with Gasteiger partial charge in [-0.25, -0.2) is 0 Å². The Hall–Kier alpha value is 0.400. The molecule has 0 bridgehead atoms. The molecular formula is C5H9BrO2. The van der Waals surface area contributed by atoms with E-state index in [2.05, 4.69) is 15.9 Å². The summed E-state index contributed by atoms with van der Waals surface area (Å²) in [6.07, 6.45) is 0.620.